The monoisotopic (exact) mass is 255 g/mol. The summed E-state index contributed by atoms with van der Waals surface area (Å²) in [7, 11) is 0. The fraction of sp³-hybridized carbons (Fsp3) is 0. The van der Waals surface area contributed by atoms with Crippen LogP contribution >= 0.6 is 0 Å². The highest BCUT2D eigenvalue weighted by Gasteiger charge is 2.30. The Kier molecular flexibility index (Phi) is 2.28. The number of aromatic amines is 1. The quantitative estimate of drug-likeness (QED) is 0.680. The number of aliphatic hydroxyl groups is 2. The van der Waals surface area contributed by atoms with Gasteiger partial charge in [-0.3, -0.25) is 9.59 Å². The molecule has 0 atom stereocenters. The van der Waals surface area contributed by atoms with Crippen LogP contribution in [0.1, 0.15) is 5.56 Å². The Morgan fingerprint density at radius 2 is 1.79 bits per heavy atom. The summed E-state index contributed by atoms with van der Waals surface area (Å²) in [4.78, 5) is 26.4. The molecule has 94 valence electrons. The van der Waals surface area contributed by atoms with Crippen molar-refractivity contribution in [2.45, 2.75) is 0 Å². The van der Waals surface area contributed by atoms with Gasteiger partial charge in [-0.2, -0.15) is 0 Å². The van der Waals surface area contributed by atoms with Crippen molar-refractivity contribution in [1.29, 1.82) is 0 Å². The van der Waals surface area contributed by atoms with E-state index in [1.165, 1.54) is 6.20 Å². The van der Waals surface area contributed by atoms with Crippen LogP contribution in [0.5, 0.6) is 0 Å². The summed E-state index contributed by atoms with van der Waals surface area (Å²) in [6.45, 7) is 0. The van der Waals surface area contributed by atoms with Gasteiger partial charge in [0, 0.05) is 28.7 Å². The first-order chi connectivity index (χ1) is 9.09. The minimum atomic E-state index is -0.780. The predicted molar refractivity (Wildman–Crippen MR) is 68.6 cm³/mol. The number of carbonyl (C=O) groups excluding carboxylic acids is 2. The van der Waals surface area contributed by atoms with Gasteiger partial charge in [-0.15, -0.1) is 0 Å². The number of aliphatic hydroxyl groups excluding tert-OH is 2. The minimum absolute atomic E-state index is 0.178. The molecular formula is C14H9NO4. The molecule has 0 saturated carbocycles. The van der Waals surface area contributed by atoms with Crippen LogP contribution in [0.15, 0.2) is 48.1 Å². The van der Waals surface area contributed by atoms with Crippen molar-refractivity contribution in [3.05, 3.63) is 53.6 Å². The third-order valence-electron chi connectivity index (χ3n) is 3.06. The second-order valence-corrected chi connectivity index (χ2v) is 4.19. The van der Waals surface area contributed by atoms with Crippen LogP contribution in [0.3, 0.4) is 0 Å². The lowest BCUT2D eigenvalue weighted by Gasteiger charge is -2.11. The molecule has 1 aromatic heterocycles. The molecule has 3 rings (SSSR count). The largest absolute Gasteiger partial charge is 0.504 e. The zero-order valence-electron chi connectivity index (χ0n) is 9.68. The maximum atomic E-state index is 11.9. The predicted octanol–water partition coefficient (Wildman–Crippen LogP) is 2.03. The smallest absolute Gasteiger partial charge is 0.231 e. The molecule has 5 nitrogen and oxygen atoms in total. The Balaban J connectivity index is 2.29. The molecule has 0 unspecified atom stereocenters. The van der Waals surface area contributed by atoms with Crippen LogP contribution in [0, 0.1) is 0 Å². The number of benzene rings is 1. The van der Waals surface area contributed by atoms with Crippen molar-refractivity contribution in [3.63, 3.8) is 0 Å². The summed E-state index contributed by atoms with van der Waals surface area (Å²) in [5, 5.41) is 19.9. The third kappa shape index (κ3) is 1.55. The molecule has 0 spiro atoms. The highest BCUT2D eigenvalue weighted by Crippen LogP contribution is 2.31. The molecule has 19 heavy (non-hydrogen) atoms. The first-order valence-corrected chi connectivity index (χ1v) is 5.59. The zero-order chi connectivity index (χ0) is 13.6. The van der Waals surface area contributed by atoms with Crippen LogP contribution in [-0.2, 0) is 9.59 Å². The number of hydrogen-bond acceptors (Lipinski definition) is 4. The number of para-hydroxylation sites is 1. The highest BCUT2D eigenvalue weighted by molar-refractivity contribution is 6.37. The van der Waals surface area contributed by atoms with Gasteiger partial charge in [-0.25, -0.2) is 0 Å². The normalized spacial score (nSPS) is 16.1. The van der Waals surface area contributed by atoms with E-state index in [4.69, 9.17) is 0 Å². The molecule has 0 radical (unpaired) electrons. The summed E-state index contributed by atoms with van der Waals surface area (Å²) < 4.78 is 0. The lowest BCUT2D eigenvalue weighted by atomic mass is 9.93. The first-order valence-electron chi connectivity index (χ1n) is 5.59. The number of fused-ring (bicyclic) bond motifs is 1. The molecule has 0 aliphatic heterocycles. The molecule has 0 bridgehead atoms. The number of H-pyrrole nitrogens is 1. The molecular weight excluding hydrogens is 246 g/mol. The van der Waals surface area contributed by atoms with Gasteiger partial charge < -0.3 is 15.2 Å². The van der Waals surface area contributed by atoms with Gasteiger partial charge in [-0.1, -0.05) is 18.2 Å². The van der Waals surface area contributed by atoms with Crippen LogP contribution in [0.2, 0.25) is 0 Å². The van der Waals surface area contributed by atoms with Gasteiger partial charge in [0.25, 0.3) is 0 Å². The van der Waals surface area contributed by atoms with E-state index < -0.39 is 23.1 Å². The van der Waals surface area contributed by atoms with E-state index in [2.05, 4.69) is 4.98 Å². The Bertz CT molecular complexity index is 780. The number of allylic oxidation sites excluding steroid dienone is 2. The van der Waals surface area contributed by atoms with Gasteiger partial charge in [0.15, 0.2) is 11.5 Å². The standard InChI is InChI=1S/C14H9NO4/c16-10-5-11(17)14(19)12(13(10)18)8-6-15-9-4-2-1-3-7(8)9/h1-6,15-16,19H. The summed E-state index contributed by atoms with van der Waals surface area (Å²) >= 11 is 0. The fourth-order valence-electron chi connectivity index (χ4n) is 2.15. The molecule has 1 aromatic carbocycles. The Hall–Kier alpha value is -2.82. The lowest BCUT2D eigenvalue weighted by Crippen LogP contribution is -2.18. The van der Waals surface area contributed by atoms with Crippen LogP contribution in [0.4, 0.5) is 0 Å². The molecule has 5 heteroatoms. The van der Waals surface area contributed by atoms with Gasteiger partial charge in [0.2, 0.25) is 11.6 Å². The first kappa shape index (κ1) is 11.3. The summed E-state index contributed by atoms with van der Waals surface area (Å²) in [6, 6.07) is 7.17. The van der Waals surface area contributed by atoms with Crippen molar-refractivity contribution in [2.75, 3.05) is 0 Å². The third-order valence-corrected chi connectivity index (χ3v) is 3.06. The number of ketones is 2. The number of nitrogens with one attached hydrogen (secondary N) is 1. The van der Waals surface area contributed by atoms with Gasteiger partial charge in [-0.05, 0) is 6.07 Å². The average Bonchev–Trinajstić information content (AvgIpc) is 2.81. The second kappa shape index (κ2) is 3.84. The SMILES string of the molecule is O=C1C=C(O)C(=O)C(c2c[nH]c3ccccc23)=C1O. The van der Waals surface area contributed by atoms with Gasteiger partial charge >= 0.3 is 0 Å². The van der Waals surface area contributed by atoms with Crippen LogP contribution in [-0.4, -0.2) is 26.8 Å². The minimum Gasteiger partial charge on any atom is -0.504 e. The van der Waals surface area contributed by atoms with E-state index >= 15 is 0 Å². The fourth-order valence-corrected chi connectivity index (χ4v) is 2.15. The maximum absolute atomic E-state index is 11.9. The van der Waals surface area contributed by atoms with Crippen molar-refractivity contribution in [1.82, 2.24) is 4.98 Å². The topological polar surface area (TPSA) is 90.4 Å². The highest BCUT2D eigenvalue weighted by atomic mass is 16.3. The Labute approximate surface area is 107 Å². The number of carbonyl (C=O) groups is 2. The Morgan fingerprint density at radius 3 is 2.58 bits per heavy atom. The van der Waals surface area contributed by atoms with Crippen molar-refractivity contribution in [3.8, 4) is 0 Å². The van der Waals surface area contributed by atoms with E-state index in [9.17, 15) is 19.8 Å². The molecule has 1 heterocycles. The van der Waals surface area contributed by atoms with Crippen molar-refractivity contribution < 1.29 is 19.8 Å². The van der Waals surface area contributed by atoms with Crippen molar-refractivity contribution in [2.24, 2.45) is 0 Å². The maximum Gasteiger partial charge on any atom is 0.231 e. The van der Waals surface area contributed by atoms with Gasteiger partial charge in [0.1, 0.15) is 0 Å². The number of aromatic nitrogens is 1. The zero-order valence-corrected chi connectivity index (χ0v) is 9.68. The van der Waals surface area contributed by atoms with E-state index in [1.807, 2.05) is 6.07 Å². The summed E-state index contributed by atoms with van der Waals surface area (Å²) in [5.74, 6) is -2.85. The molecule has 2 aromatic rings. The van der Waals surface area contributed by atoms with Crippen molar-refractivity contribution >= 4 is 28.0 Å². The van der Waals surface area contributed by atoms with Gasteiger partial charge in [0.05, 0.1) is 5.57 Å². The van der Waals surface area contributed by atoms with Crippen LogP contribution < -0.4 is 0 Å². The Morgan fingerprint density at radius 1 is 1.05 bits per heavy atom. The summed E-state index contributed by atoms with van der Waals surface area (Å²) in [5.41, 5.74) is 0.987. The molecule has 3 N–H and O–H groups in total. The van der Waals surface area contributed by atoms with E-state index in [0.717, 1.165) is 11.6 Å². The van der Waals surface area contributed by atoms with E-state index in [1.54, 1.807) is 18.2 Å². The second-order valence-electron chi connectivity index (χ2n) is 4.19. The summed E-state index contributed by atoms with van der Waals surface area (Å²) in [6.07, 6.45) is 2.25. The lowest BCUT2D eigenvalue weighted by molar-refractivity contribution is -0.117. The molecule has 0 fully saturated rings. The molecule has 1 aliphatic rings. The number of Topliss-reactive ketones (excluding diaryl/α,β-unsaturated/α-hetero) is 1. The average molecular weight is 255 g/mol. The molecule has 0 saturated heterocycles. The van der Waals surface area contributed by atoms with Crippen LogP contribution in [0.25, 0.3) is 16.5 Å². The number of hydrogen-bond donors (Lipinski definition) is 3. The number of rotatable bonds is 1. The van der Waals surface area contributed by atoms with E-state index in [0.29, 0.717) is 10.9 Å². The molecule has 0 amide bonds. The van der Waals surface area contributed by atoms with E-state index in [-0.39, 0.29) is 5.57 Å². The molecule has 1 aliphatic carbocycles.